The number of likely N-dealkylation sites (tertiary alicyclic amines) is 1. The van der Waals surface area contributed by atoms with Gasteiger partial charge in [-0.25, -0.2) is 0 Å². The summed E-state index contributed by atoms with van der Waals surface area (Å²) < 4.78 is 0. The van der Waals surface area contributed by atoms with Gasteiger partial charge in [0, 0.05) is 12.6 Å². The normalized spacial score (nSPS) is 36.7. The van der Waals surface area contributed by atoms with Crippen LogP contribution in [0.2, 0.25) is 0 Å². The van der Waals surface area contributed by atoms with E-state index in [1.165, 1.54) is 4.90 Å². The molecule has 0 radical (unpaired) electrons. The van der Waals surface area contributed by atoms with Crippen molar-refractivity contribution in [1.29, 1.82) is 0 Å². The highest BCUT2D eigenvalue weighted by Crippen LogP contribution is 2.35. The molecule has 0 aromatic rings. The third-order valence-electron chi connectivity index (χ3n) is 4.16. The molecule has 4 heteroatoms. The van der Waals surface area contributed by atoms with Crippen LogP contribution in [0.5, 0.6) is 0 Å². The first kappa shape index (κ1) is 11.0. The van der Waals surface area contributed by atoms with E-state index in [0.29, 0.717) is 12.6 Å². The summed E-state index contributed by atoms with van der Waals surface area (Å²) in [5.41, 5.74) is 0. The Labute approximate surface area is 101 Å². The van der Waals surface area contributed by atoms with Crippen LogP contribution in [0.15, 0.2) is 12.2 Å². The van der Waals surface area contributed by atoms with Crippen LogP contribution in [0.4, 0.5) is 0 Å². The number of imide groups is 1. The van der Waals surface area contributed by atoms with Crippen LogP contribution < -0.4 is 5.32 Å². The average Bonchev–Trinajstić information content (AvgIpc) is 2.94. The Hall–Kier alpha value is -1.16. The van der Waals surface area contributed by atoms with E-state index in [1.54, 1.807) is 0 Å². The third-order valence-corrected chi connectivity index (χ3v) is 4.16. The van der Waals surface area contributed by atoms with Gasteiger partial charge in [-0.05, 0) is 32.2 Å². The Balaban J connectivity index is 1.73. The maximum absolute atomic E-state index is 12.2. The standard InChI is InChI=1S/C13H18N2O2/c16-12-10-5-1-2-6-11(10)13(17)15(12)8-9-4-3-7-14-9/h1-2,9-11,14H,3-8H2. The first-order valence-corrected chi connectivity index (χ1v) is 6.51. The van der Waals surface area contributed by atoms with Gasteiger partial charge in [-0.1, -0.05) is 12.2 Å². The van der Waals surface area contributed by atoms with Crippen LogP contribution in [-0.2, 0) is 9.59 Å². The molecular weight excluding hydrogens is 216 g/mol. The maximum atomic E-state index is 12.2. The summed E-state index contributed by atoms with van der Waals surface area (Å²) in [5, 5.41) is 3.34. The summed E-state index contributed by atoms with van der Waals surface area (Å²) in [6, 6.07) is 0.316. The number of fused-ring (bicyclic) bond motifs is 1. The van der Waals surface area contributed by atoms with Gasteiger partial charge in [0.2, 0.25) is 11.8 Å². The Morgan fingerprint density at radius 1 is 1.18 bits per heavy atom. The van der Waals surface area contributed by atoms with Crippen molar-refractivity contribution in [2.24, 2.45) is 11.8 Å². The molecule has 2 aliphatic heterocycles. The highest BCUT2D eigenvalue weighted by Gasteiger charge is 2.47. The topological polar surface area (TPSA) is 49.4 Å². The lowest BCUT2D eigenvalue weighted by Gasteiger charge is -2.19. The summed E-state index contributed by atoms with van der Waals surface area (Å²) >= 11 is 0. The van der Waals surface area contributed by atoms with E-state index in [-0.39, 0.29) is 23.7 Å². The molecule has 3 aliphatic rings. The lowest BCUT2D eigenvalue weighted by molar-refractivity contribution is -0.140. The molecule has 0 bridgehead atoms. The van der Waals surface area contributed by atoms with E-state index in [1.807, 2.05) is 12.2 Å². The number of hydrogen-bond acceptors (Lipinski definition) is 3. The summed E-state index contributed by atoms with van der Waals surface area (Å²) in [6.07, 6.45) is 7.76. The third kappa shape index (κ3) is 1.80. The number of allylic oxidation sites excluding steroid dienone is 2. The van der Waals surface area contributed by atoms with E-state index >= 15 is 0 Å². The molecule has 1 aliphatic carbocycles. The second-order valence-electron chi connectivity index (χ2n) is 5.24. The van der Waals surface area contributed by atoms with Crippen LogP contribution in [0.25, 0.3) is 0 Å². The van der Waals surface area contributed by atoms with Gasteiger partial charge in [-0.2, -0.15) is 0 Å². The smallest absolute Gasteiger partial charge is 0.233 e. The molecule has 3 unspecified atom stereocenters. The zero-order chi connectivity index (χ0) is 11.8. The van der Waals surface area contributed by atoms with Crippen molar-refractivity contribution in [1.82, 2.24) is 10.2 Å². The van der Waals surface area contributed by atoms with E-state index in [9.17, 15) is 9.59 Å². The summed E-state index contributed by atoms with van der Waals surface area (Å²) in [5.74, 6) is -0.0427. The molecule has 2 fully saturated rings. The van der Waals surface area contributed by atoms with Crippen LogP contribution in [-0.4, -0.2) is 35.8 Å². The van der Waals surface area contributed by atoms with Gasteiger partial charge in [0.15, 0.2) is 0 Å². The summed E-state index contributed by atoms with van der Waals surface area (Å²) in [7, 11) is 0. The summed E-state index contributed by atoms with van der Waals surface area (Å²) in [6.45, 7) is 1.58. The maximum Gasteiger partial charge on any atom is 0.233 e. The highest BCUT2D eigenvalue weighted by atomic mass is 16.2. The Morgan fingerprint density at radius 3 is 2.35 bits per heavy atom. The molecule has 0 spiro atoms. The molecule has 0 saturated carbocycles. The van der Waals surface area contributed by atoms with E-state index < -0.39 is 0 Å². The van der Waals surface area contributed by atoms with Gasteiger partial charge in [0.1, 0.15) is 0 Å². The SMILES string of the molecule is O=C1C2CC=CCC2C(=O)N1CC1CCCN1. The number of carbonyl (C=O) groups is 2. The van der Waals surface area contributed by atoms with Gasteiger partial charge in [0.05, 0.1) is 11.8 Å². The molecule has 92 valence electrons. The first-order chi connectivity index (χ1) is 8.27. The first-order valence-electron chi connectivity index (χ1n) is 6.51. The van der Waals surface area contributed by atoms with Crippen molar-refractivity contribution in [3.05, 3.63) is 12.2 Å². The molecule has 2 saturated heterocycles. The fourth-order valence-corrected chi connectivity index (χ4v) is 3.18. The molecule has 0 aromatic carbocycles. The number of carbonyl (C=O) groups excluding carboxylic acids is 2. The van der Waals surface area contributed by atoms with Crippen LogP contribution >= 0.6 is 0 Å². The molecule has 3 atom stereocenters. The molecule has 17 heavy (non-hydrogen) atoms. The molecular formula is C13H18N2O2. The van der Waals surface area contributed by atoms with Crippen LogP contribution in [0.3, 0.4) is 0 Å². The monoisotopic (exact) mass is 234 g/mol. The Morgan fingerprint density at radius 2 is 1.82 bits per heavy atom. The van der Waals surface area contributed by atoms with Crippen LogP contribution in [0, 0.1) is 11.8 Å². The van der Waals surface area contributed by atoms with Crippen molar-refractivity contribution in [2.45, 2.75) is 31.7 Å². The quantitative estimate of drug-likeness (QED) is 0.565. The van der Waals surface area contributed by atoms with Crippen molar-refractivity contribution >= 4 is 11.8 Å². The predicted octanol–water partition coefficient (Wildman–Crippen LogP) is 0.690. The minimum absolute atomic E-state index is 0.0537. The largest absolute Gasteiger partial charge is 0.312 e. The Bertz CT molecular complexity index is 346. The lowest BCUT2D eigenvalue weighted by atomic mass is 9.85. The van der Waals surface area contributed by atoms with Gasteiger partial charge in [0.25, 0.3) is 0 Å². The minimum atomic E-state index is -0.0751. The Kier molecular flexibility index (Phi) is 2.74. The lowest BCUT2D eigenvalue weighted by Crippen LogP contribution is -2.41. The minimum Gasteiger partial charge on any atom is -0.312 e. The molecule has 2 amide bonds. The van der Waals surface area contributed by atoms with E-state index in [4.69, 9.17) is 0 Å². The summed E-state index contributed by atoms with van der Waals surface area (Å²) in [4.78, 5) is 25.9. The number of rotatable bonds is 2. The molecule has 1 N–H and O–H groups in total. The average molecular weight is 234 g/mol. The fourth-order valence-electron chi connectivity index (χ4n) is 3.18. The predicted molar refractivity (Wildman–Crippen MR) is 63.1 cm³/mol. The molecule has 3 rings (SSSR count). The van der Waals surface area contributed by atoms with E-state index in [0.717, 1.165) is 32.2 Å². The fraction of sp³-hybridized carbons (Fsp3) is 0.692. The second kappa shape index (κ2) is 4.26. The number of hydrogen-bond donors (Lipinski definition) is 1. The number of nitrogens with one attached hydrogen (secondary N) is 1. The van der Waals surface area contributed by atoms with Crippen molar-refractivity contribution < 1.29 is 9.59 Å². The van der Waals surface area contributed by atoms with Crippen molar-refractivity contribution in [3.63, 3.8) is 0 Å². The van der Waals surface area contributed by atoms with Gasteiger partial charge < -0.3 is 5.32 Å². The number of amides is 2. The van der Waals surface area contributed by atoms with Crippen molar-refractivity contribution in [3.8, 4) is 0 Å². The zero-order valence-electron chi connectivity index (χ0n) is 9.89. The van der Waals surface area contributed by atoms with Crippen LogP contribution in [0.1, 0.15) is 25.7 Å². The van der Waals surface area contributed by atoms with E-state index in [2.05, 4.69) is 5.32 Å². The zero-order valence-corrected chi connectivity index (χ0v) is 9.89. The van der Waals surface area contributed by atoms with Gasteiger partial charge in [-0.15, -0.1) is 0 Å². The van der Waals surface area contributed by atoms with Crippen molar-refractivity contribution in [2.75, 3.05) is 13.1 Å². The number of nitrogens with zero attached hydrogens (tertiary/aromatic N) is 1. The molecule has 4 nitrogen and oxygen atoms in total. The molecule has 2 heterocycles. The van der Waals surface area contributed by atoms with Gasteiger partial charge >= 0.3 is 0 Å². The highest BCUT2D eigenvalue weighted by molar-refractivity contribution is 6.05. The molecule has 0 aromatic heterocycles. The van der Waals surface area contributed by atoms with Gasteiger partial charge in [-0.3, -0.25) is 14.5 Å². The second-order valence-corrected chi connectivity index (χ2v) is 5.24.